The van der Waals surface area contributed by atoms with Crippen molar-refractivity contribution >= 4 is 24.9 Å². The van der Waals surface area contributed by atoms with Crippen LogP contribution in [0.1, 0.15) is 246 Å². The van der Waals surface area contributed by atoms with Crippen molar-refractivity contribution in [3.05, 3.63) is 115 Å². The Morgan fingerprint density at radius 2 is 0.468 bits per heavy atom. The Morgan fingerprint density at radius 1 is 0.312 bits per heavy atom. The van der Waals surface area contributed by atoms with Gasteiger partial charge in [0.1, 0.15) is 23.0 Å². The van der Waals surface area contributed by atoms with Gasteiger partial charge in [0.25, 0.3) is 0 Å². The van der Waals surface area contributed by atoms with Crippen molar-refractivity contribution in [1.82, 2.24) is 0 Å². The van der Waals surface area contributed by atoms with Crippen LogP contribution in [-0.2, 0) is 68.6 Å². The van der Waals surface area contributed by atoms with Crippen LogP contribution in [0.5, 0.6) is 23.0 Å². The number of phenolic OH excluding ortho intramolecular Hbond substituents is 4. The first-order valence-corrected chi connectivity index (χ1v) is 29.7. The van der Waals surface area contributed by atoms with Gasteiger partial charge in [0.2, 0.25) is 0 Å². The van der Waals surface area contributed by atoms with Crippen LogP contribution < -0.4 is 0 Å². The number of hydrogen-bond acceptors (Lipinski definition) is 10. The zero-order valence-corrected chi connectivity index (χ0v) is 54.9. The predicted molar refractivity (Wildman–Crippen MR) is 322 cm³/mol. The van der Waals surface area contributed by atoms with Crippen LogP contribution >= 0.6 is 0 Å². The quantitative estimate of drug-likeness (QED) is 0.0815. The van der Waals surface area contributed by atoms with Gasteiger partial charge >= 0.3 is 25.3 Å². The van der Waals surface area contributed by atoms with Gasteiger partial charge in [0.15, 0.2) is 0 Å². The zero-order chi connectivity index (χ0) is 59.5. The molecule has 77 heavy (non-hydrogen) atoms. The fourth-order valence-electron chi connectivity index (χ4n) is 8.20. The van der Waals surface area contributed by atoms with E-state index in [0.717, 1.165) is 57.3 Å². The summed E-state index contributed by atoms with van der Waals surface area (Å²) in [7, 11) is 0. The Labute approximate surface area is 474 Å². The SMILES string of the molecule is CC(C)(C)c1cc(C=NCCCN=Cc2cc(C(C)(C)C)cc(C(C)(C)C)c2O)c(O)c(C(C)(C)C)c1.CC(C)(C)c1cc(C=NCCCN=Cc2cc(C(C)(C)C)cc(C(C)(C)C)c2O)c(O)c(C(C)(C)C)c1.[O]=[W]=[O]. The van der Waals surface area contributed by atoms with Gasteiger partial charge in [-0.1, -0.05) is 190 Å². The van der Waals surface area contributed by atoms with Gasteiger partial charge in [-0.2, -0.15) is 0 Å². The molecule has 0 heterocycles. The summed E-state index contributed by atoms with van der Waals surface area (Å²) in [6.45, 7) is 54.1. The molecule has 0 saturated carbocycles. The second kappa shape index (κ2) is 26.8. The molecule has 0 amide bonds. The van der Waals surface area contributed by atoms with Gasteiger partial charge in [0, 0.05) is 95.5 Å². The molecule has 11 heteroatoms. The summed E-state index contributed by atoms with van der Waals surface area (Å²) in [5.74, 6) is 1.24. The molecule has 0 atom stereocenters. The van der Waals surface area contributed by atoms with Crippen LogP contribution in [0.2, 0.25) is 0 Å². The molecule has 10 nitrogen and oxygen atoms in total. The fraction of sp³-hybridized carbons (Fsp3) is 0.576. The number of aromatic hydroxyl groups is 4. The molecule has 0 aliphatic carbocycles. The van der Waals surface area contributed by atoms with E-state index >= 15 is 0 Å². The van der Waals surface area contributed by atoms with Gasteiger partial charge in [0.05, 0.1) is 0 Å². The van der Waals surface area contributed by atoms with Crippen molar-refractivity contribution in [2.45, 2.75) is 222 Å². The number of phenols is 4. The Kier molecular flexibility index (Phi) is 23.7. The summed E-state index contributed by atoms with van der Waals surface area (Å²) in [5.41, 5.74) is 10.9. The molecule has 0 fully saturated rings. The normalized spacial score (nSPS) is 13.4. The summed E-state index contributed by atoms with van der Waals surface area (Å²) in [4.78, 5) is 18.4. The minimum absolute atomic E-state index is 0.0201. The standard InChI is InChI=1S/2C33H50N2O2.2O.W/c2*1-30(2,3)24-16-22(28(36)26(18-24)32(7,8)9)20-34-14-13-15-35-21-23-17-25(31(4,5)6)19-27(29(23)37)33(10,11)12;;;/h2*16-21,36-37H,13-15H2,1-12H3;;;. The summed E-state index contributed by atoms with van der Waals surface area (Å²) >= 11 is -2.25. The Bertz CT molecular complexity index is 2410. The molecule has 4 aromatic carbocycles. The average Bonchev–Trinajstić information content (AvgIpc) is 3.25. The Hall–Kier alpha value is -4.95. The van der Waals surface area contributed by atoms with E-state index in [4.69, 9.17) is 6.80 Å². The van der Waals surface area contributed by atoms with Crippen molar-refractivity contribution in [1.29, 1.82) is 0 Å². The Morgan fingerprint density at radius 3 is 0.597 bits per heavy atom. The molecule has 426 valence electrons. The van der Waals surface area contributed by atoms with Gasteiger partial charge in [-0.3, -0.25) is 20.0 Å². The van der Waals surface area contributed by atoms with Crippen molar-refractivity contribution in [3.63, 3.8) is 0 Å². The molecule has 4 N–H and O–H groups in total. The third kappa shape index (κ3) is 21.0. The third-order valence-electron chi connectivity index (χ3n) is 13.3. The second-order valence-corrected chi connectivity index (χ2v) is 29.3. The number of nitrogens with zero attached hydrogens (tertiary/aromatic N) is 4. The summed E-state index contributed by atoms with van der Waals surface area (Å²) in [5, 5.41) is 43.7. The van der Waals surface area contributed by atoms with Crippen molar-refractivity contribution < 1.29 is 45.7 Å². The van der Waals surface area contributed by atoms with Crippen LogP contribution in [0, 0.1) is 0 Å². The number of hydrogen-bond donors (Lipinski definition) is 4. The molecule has 0 aromatic heterocycles. The minimum atomic E-state index is -2.25. The van der Waals surface area contributed by atoms with Crippen LogP contribution in [0.3, 0.4) is 0 Å². The van der Waals surface area contributed by atoms with E-state index < -0.39 is 18.5 Å². The van der Waals surface area contributed by atoms with Crippen molar-refractivity contribution in [2.24, 2.45) is 20.0 Å². The molecule has 0 spiro atoms. The molecular weight excluding hydrogens is 1130 g/mol. The molecule has 0 saturated heterocycles. The maximum absolute atomic E-state index is 10.9. The number of benzene rings is 4. The van der Waals surface area contributed by atoms with Crippen molar-refractivity contribution in [2.75, 3.05) is 26.2 Å². The summed E-state index contributed by atoms with van der Waals surface area (Å²) in [6, 6.07) is 16.7. The van der Waals surface area contributed by atoms with E-state index in [1.807, 2.05) is 24.3 Å². The van der Waals surface area contributed by atoms with Crippen LogP contribution in [0.4, 0.5) is 0 Å². The van der Waals surface area contributed by atoms with Crippen LogP contribution in [-0.4, -0.2) is 71.5 Å². The molecule has 0 aliphatic heterocycles. The summed E-state index contributed by atoms with van der Waals surface area (Å²) < 4.78 is 17.1. The zero-order valence-electron chi connectivity index (χ0n) is 52.0. The molecule has 0 unspecified atom stereocenters. The molecule has 4 aromatic rings. The van der Waals surface area contributed by atoms with E-state index in [1.54, 1.807) is 24.9 Å². The molecule has 0 bridgehead atoms. The van der Waals surface area contributed by atoms with E-state index in [0.29, 0.717) is 49.2 Å². The van der Waals surface area contributed by atoms with E-state index in [2.05, 4.69) is 210 Å². The Balaban J connectivity index is 0.000000501. The summed E-state index contributed by atoms with van der Waals surface area (Å²) in [6.07, 6.45) is 8.72. The molecule has 0 aliphatic rings. The predicted octanol–water partition coefficient (Wildman–Crippen LogP) is 16.2. The van der Waals surface area contributed by atoms with Crippen LogP contribution in [0.25, 0.3) is 0 Å². The molecule has 4 rings (SSSR count). The van der Waals surface area contributed by atoms with Gasteiger partial charge < -0.3 is 20.4 Å². The van der Waals surface area contributed by atoms with Crippen LogP contribution in [0.15, 0.2) is 68.5 Å². The number of aliphatic imine (C=N–C) groups is 4. The average molecular weight is 1230 g/mol. The first-order valence-electron chi connectivity index (χ1n) is 27.3. The number of rotatable bonds is 12. The van der Waals surface area contributed by atoms with E-state index in [1.165, 1.54) is 22.3 Å². The second-order valence-electron chi connectivity index (χ2n) is 28.8. The first-order chi connectivity index (χ1) is 34.9. The first kappa shape index (κ1) is 68.2. The third-order valence-corrected chi connectivity index (χ3v) is 13.3. The van der Waals surface area contributed by atoms with Crippen molar-refractivity contribution in [3.8, 4) is 23.0 Å². The maximum atomic E-state index is 10.9. The van der Waals surface area contributed by atoms with E-state index in [-0.39, 0.29) is 43.3 Å². The van der Waals surface area contributed by atoms with Gasteiger partial charge in [-0.05, 0) is 103 Å². The molecular formula is C66H100N4O6W. The van der Waals surface area contributed by atoms with Gasteiger partial charge in [-0.25, -0.2) is 0 Å². The monoisotopic (exact) mass is 1230 g/mol. The van der Waals surface area contributed by atoms with Gasteiger partial charge in [-0.15, -0.1) is 0 Å². The topological polar surface area (TPSA) is 164 Å². The molecule has 0 radical (unpaired) electrons. The van der Waals surface area contributed by atoms with E-state index in [9.17, 15) is 20.4 Å². The fourth-order valence-corrected chi connectivity index (χ4v) is 8.20.